The molecular formula is C34H39NOS. The van der Waals surface area contributed by atoms with E-state index in [0.29, 0.717) is 5.75 Å². The van der Waals surface area contributed by atoms with Crippen LogP contribution in [0.2, 0.25) is 0 Å². The van der Waals surface area contributed by atoms with Crippen LogP contribution in [-0.4, -0.2) is 5.11 Å². The van der Waals surface area contributed by atoms with Crippen LogP contribution >= 0.6 is 11.8 Å². The third kappa shape index (κ3) is 6.78. The minimum Gasteiger partial charge on any atom is -0.507 e. The SMILES string of the molecule is CC(C)(C)c1cc(C(Cc2ccccc2)Nc2ccccc2Sc2ccccc2)c(O)c(C(C)(C)C)c1. The molecule has 1 atom stereocenters. The molecule has 0 fully saturated rings. The number of aromatic hydroxyl groups is 1. The first-order valence-corrected chi connectivity index (χ1v) is 13.8. The highest BCUT2D eigenvalue weighted by molar-refractivity contribution is 7.99. The van der Waals surface area contributed by atoms with Crippen molar-refractivity contribution in [1.82, 2.24) is 0 Å². The maximum absolute atomic E-state index is 11.7. The van der Waals surface area contributed by atoms with Crippen LogP contribution in [0.25, 0.3) is 0 Å². The largest absolute Gasteiger partial charge is 0.507 e. The zero-order valence-corrected chi connectivity index (χ0v) is 23.7. The van der Waals surface area contributed by atoms with Gasteiger partial charge in [0.05, 0.1) is 6.04 Å². The van der Waals surface area contributed by atoms with Crippen LogP contribution in [0.15, 0.2) is 107 Å². The Morgan fingerprint density at radius 1 is 0.730 bits per heavy atom. The molecule has 0 radical (unpaired) electrons. The molecule has 4 rings (SSSR count). The van der Waals surface area contributed by atoms with Gasteiger partial charge in [-0.3, -0.25) is 0 Å². The van der Waals surface area contributed by atoms with E-state index in [-0.39, 0.29) is 16.9 Å². The molecule has 0 aromatic heterocycles. The summed E-state index contributed by atoms with van der Waals surface area (Å²) in [7, 11) is 0. The van der Waals surface area contributed by atoms with Gasteiger partial charge in [-0.05, 0) is 64.3 Å². The molecule has 0 aliphatic carbocycles. The van der Waals surface area contributed by atoms with Gasteiger partial charge in [0.15, 0.2) is 0 Å². The van der Waals surface area contributed by atoms with E-state index < -0.39 is 0 Å². The van der Waals surface area contributed by atoms with Crippen LogP contribution in [0.1, 0.15) is 69.8 Å². The Morgan fingerprint density at radius 3 is 1.95 bits per heavy atom. The molecule has 3 heteroatoms. The van der Waals surface area contributed by atoms with Crippen LogP contribution in [0.5, 0.6) is 5.75 Å². The number of anilines is 1. The van der Waals surface area contributed by atoms with E-state index in [1.165, 1.54) is 16.0 Å². The lowest BCUT2D eigenvalue weighted by Gasteiger charge is -2.31. The maximum atomic E-state index is 11.7. The molecule has 2 nitrogen and oxygen atoms in total. The zero-order valence-electron chi connectivity index (χ0n) is 22.9. The number of hydrogen-bond donors (Lipinski definition) is 2. The summed E-state index contributed by atoms with van der Waals surface area (Å²) in [5.41, 5.74) is 5.24. The van der Waals surface area contributed by atoms with Gasteiger partial charge in [0.2, 0.25) is 0 Å². The van der Waals surface area contributed by atoms with E-state index in [4.69, 9.17) is 0 Å². The van der Waals surface area contributed by atoms with Crippen molar-refractivity contribution >= 4 is 17.4 Å². The third-order valence-corrected chi connectivity index (χ3v) is 7.74. The molecule has 37 heavy (non-hydrogen) atoms. The van der Waals surface area contributed by atoms with Gasteiger partial charge in [0.1, 0.15) is 5.75 Å². The second-order valence-corrected chi connectivity index (χ2v) is 12.9. The lowest BCUT2D eigenvalue weighted by atomic mass is 9.77. The predicted octanol–water partition coefficient (Wildman–Crippen LogP) is 9.53. The molecule has 1 unspecified atom stereocenters. The summed E-state index contributed by atoms with van der Waals surface area (Å²) >= 11 is 1.75. The smallest absolute Gasteiger partial charge is 0.124 e. The Bertz CT molecular complexity index is 1320. The number of rotatable bonds is 7. The predicted molar refractivity (Wildman–Crippen MR) is 159 cm³/mol. The Hall–Kier alpha value is -3.17. The molecule has 0 heterocycles. The highest BCUT2D eigenvalue weighted by Crippen LogP contribution is 2.42. The van der Waals surface area contributed by atoms with E-state index in [1.54, 1.807) is 11.8 Å². The number of phenolic OH excluding ortho intramolecular Hbond substituents is 1. The summed E-state index contributed by atoms with van der Waals surface area (Å²) < 4.78 is 0. The Kier molecular flexibility index (Phi) is 8.04. The Labute approximate surface area is 227 Å². The van der Waals surface area contributed by atoms with Crippen molar-refractivity contribution in [3.05, 3.63) is 119 Å². The number of phenols is 1. The quantitative estimate of drug-likeness (QED) is 0.260. The Morgan fingerprint density at radius 2 is 1.32 bits per heavy atom. The fraction of sp³-hybridized carbons (Fsp3) is 0.294. The van der Waals surface area contributed by atoms with Gasteiger partial charge in [0.25, 0.3) is 0 Å². The fourth-order valence-corrected chi connectivity index (χ4v) is 5.42. The van der Waals surface area contributed by atoms with Crippen molar-refractivity contribution in [2.75, 3.05) is 5.32 Å². The number of nitrogens with one attached hydrogen (secondary N) is 1. The van der Waals surface area contributed by atoms with Crippen molar-refractivity contribution in [2.45, 2.75) is 74.6 Å². The second-order valence-electron chi connectivity index (χ2n) is 11.8. The number of benzene rings is 4. The lowest BCUT2D eigenvalue weighted by Crippen LogP contribution is -2.21. The average Bonchev–Trinajstić information content (AvgIpc) is 2.85. The lowest BCUT2D eigenvalue weighted by molar-refractivity contribution is 0.434. The van der Waals surface area contributed by atoms with Crippen molar-refractivity contribution in [1.29, 1.82) is 0 Å². The molecule has 2 N–H and O–H groups in total. The molecule has 0 amide bonds. The first-order valence-electron chi connectivity index (χ1n) is 13.0. The maximum Gasteiger partial charge on any atom is 0.124 e. The van der Waals surface area contributed by atoms with Gasteiger partial charge in [-0.1, -0.05) is 120 Å². The van der Waals surface area contributed by atoms with Gasteiger partial charge < -0.3 is 10.4 Å². The molecule has 4 aromatic carbocycles. The molecule has 0 spiro atoms. The monoisotopic (exact) mass is 509 g/mol. The van der Waals surface area contributed by atoms with Crippen molar-refractivity contribution < 1.29 is 5.11 Å². The van der Waals surface area contributed by atoms with Gasteiger partial charge in [0, 0.05) is 21.0 Å². The average molecular weight is 510 g/mol. The van der Waals surface area contributed by atoms with Gasteiger partial charge in [-0.2, -0.15) is 0 Å². The summed E-state index contributed by atoms with van der Waals surface area (Å²) in [5, 5.41) is 15.6. The minimum absolute atomic E-state index is 0.0409. The molecule has 192 valence electrons. The summed E-state index contributed by atoms with van der Waals surface area (Å²) in [4.78, 5) is 2.36. The number of hydrogen-bond acceptors (Lipinski definition) is 3. The molecule has 0 saturated heterocycles. The molecule has 4 aromatic rings. The molecular weight excluding hydrogens is 470 g/mol. The van der Waals surface area contributed by atoms with E-state index in [9.17, 15) is 5.11 Å². The molecule has 0 saturated carbocycles. The third-order valence-electron chi connectivity index (χ3n) is 6.66. The summed E-state index contributed by atoms with van der Waals surface area (Å²) in [5.74, 6) is 0.391. The standard InChI is InChI=1S/C34H39NOS/c1-33(2,3)25-22-27(32(36)28(23-25)34(4,5)6)30(21-24-15-9-7-10-16-24)35-29-19-13-14-20-31(29)37-26-17-11-8-12-18-26/h7-20,22-23,30,35-36H,21H2,1-6H3. The first kappa shape index (κ1) is 26.9. The highest BCUT2D eigenvalue weighted by Gasteiger charge is 2.28. The normalized spacial score (nSPS) is 12.8. The van der Waals surface area contributed by atoms with E-state index >= 15 is 0 Å². The molecule has 0 bridgehead atoms. The van der Waals surface area contributed by atoms with Gasteiger partial charge >= 0.3 is 0 Å². The summed E-state index contributed by atoms with van der Waals surface area (Å²) in [6.07, 6.45) is 0.760. The van der Waals surface area contributed by atoms with E-state index in [2.05, 4.69) is 132 Å². The molecule has 0 aliphatic rings. The van der Waals surface area contributed by atoms with Crippen molar-refractivity contribution in [2.24, 2.45) is 0 Å². The van der Waals surface area contributed by atoms with E-state index in [1.807, 2.05) is 12.1 Å². The number of para-hydroxylation sites is 1. The molecule has 0 aliphatic heterocycles. The Balaban J connectivity index is 1.82. The fourth-order valence-electron chi connectivity index (χ4n) is 4.49. The van der Waals surface area contributed by atoms with Gasteiger partial charge in [-0.15, -0.1) is 0 Å². The summed E-state index contributed by atoms with van der Waals surface area (Å²) in [6.45, 7) is 13.2. The zero-order chi connectivity index (χ0) is 26.6. The summed E-state index contributed by atoms with van der Waals surface area (Å²) in [6, 6.07) is 33.7. The first-order chi connectivity index (χ1) is 17.5. The van der Waals surface area contributed by atoms with Crippen LogP contribution in [0.4, 0.5) is 5.69 Å². The highest BCUT2D eigenvalue weighted by atomic mass is 32.2. The van der Waals surface area contributed by atoms with Crippen LogP contribution < -0.4 is 5.32 Å². The van der Waals surface area contributed by atoms with Crippen LogP contribution in [0.3, 0.4) is 0 Å². The van der Waals surface area contributed by atoms with Crippen molar-refractivity contribution in [3.63, 3.8) is 0 Å². The van der Waals surface area contributed by atoms with Gasteiger partial charge in [-0.25, -0.2) is 0 Å². The van der Waals surface area contributed by atoms with Crippen LogP contribution in [-0.2, 0) is 17.3 Å². The van der Waals surface area contributed by atoms with Crippen LogP contribution in [0, 0.1) is 0 Å². The topological polar surface area (TPSA) is 32.3 Å². The van der Waals surface area contributed by atoms with E-state index in [0.717, 1.165) is 28.1 Å². The van der Waals surface area contributed by atoms with Crippen molar-refractivity contribution in [3.8, 4) is 5.75 Å². The minimum atomic E-state index is -0.182. The second kappa shape index (κ2) is 11.1.